The van der Waals surface area contributed by atoms with Gasteiger partial charge in [0.2, 0.25) is 0 Å². The van der Waals surface area contributed by atoms with Gasteiger partial charge in [-0.05, 0) is 42.7 Å². The van der Waals surface area contributed by atoms with Crippen molar-refractivity contribution in [3.05, 3.63) is 53.2 Å². The van der Waals surface area contributed by atoms with E-state index >= 15 is 0 Å². The maximum absolute atomic E-state index is 13.0. The van der Waals surface area contributed by atoms with Crippen molar-refractivity contribution in [3.63, 3.8) is 0 Å². The number of benzene rings is 1. The Labute approximate surface area is 200 Å². The van der Waals surface area contributed by atoms with Gasteiger partial charge < -0.3 is 14.5 Å². The van der Waals surface area contributed by atoms with Crippen LogP contribution in [0.3, 0.4) is 0 Å². The Kier molecular flexibility index (Phi) is 8.05. The average Bonchev–Trinajstić information content (AvgIpc) is 2.86. The van der Waals surface area contributed by atoms with Gasteiger partial charge in [-0.3, -0.25) is 10.1 Å². The number of nitrogens with zero attached hydrogens (tertiary/aromatic N) is 3. The summed E-state index contributed by atoms with van der Waals surface area (Å²) in [6, 6.07) is 10.5. The maximum Gasteiger partial charge on any atom is 0.323 e. The summed E-state index contributed by atoms with van der Waals surface area (Å²) in [5.74, 6) is 1.92. The van der Waals surface area contributed by atoms with E-state index in [0.29, 0.717) is 49.2 Å². The van der Waals surface area contributed by atoms with Gasteiger partial charge in [-0.15, -0.1) is 0 Å². The number of ether oxygens (including phenoxy) is 1. The first kappa shape index (κ1) is 23.4. The first-order valence-corrected chi connectivity index (χ1v) is 12.2. The Hall–Kier alpha value is -2.80. The van der Waals surface area contributed by atoms with Crippen LogP contribution in [0.4, 0.5) is 10.6 Å². The van der Waals surface area contributed by atoms with E-state index in [9.17, 15) is 9.59 Å². The standard InChI is InChI=1S/C25H31ClN4O3/c26-21-9-10-23(27-18-21)28-25(32)30-14-12-29(13-15-30)24(31)20-7-4-8-22(17-20)33-16-11-19-5-2-1-3-6-19/h4,7-10,17-19H,1-3,5-6,11-16H2,(H,27,28,32). The summed E-state index contributed by atoms with van der Waals surface area (Å²) in [5, 5.41) is 3.28. The fourth-order valence-corrected chi connectivity index (χ4v) is 4.58. The molecule has 1 saturated carbocycles. The van der Waals surface area contributed by atoms with Crippen molar-refractivity contribution in [2.45, 2.75) is 38.5 Å². The molecule has 0 radical (unpaired) electrons. The second kappa shape index (κ2) is 11.4. The first-order chi connectivity index (χ1) is 16.1. The highest BCUT2D eigenvalue weighted by molar-refractivity contribution is 6.30. The number of hydrogen-bond acceptors (Lipinski definition) is 4. The minimum atomic E-state index is -0.231. The van der Waals surface area contributed by atoms with E-state index in [1.54, 1.807) is 21.9 Å². The molecule has 1 aliphatic heterocycles. The van der Waals surface area contributed by atoms with Crippen LogP contribution in [0.15, 0.2) is 42.6 Å². The van der Waals surface area contributed by atoms with Gasteiger partial charge >= 0.3 is 6.03 Å². The quantitative estimate of drug-likeness (QED) is 0.639. The van der Waals surface area contributed by atoms with E-state index in [-0.39, 0.29) is 11.9 Å². The third-order valence-corrected chi connectivity index (χ3v) is 6.64. The van der Waals surface area contributed by atoms with Crippen molar-refractivity contribution in [2.75, 3.05) is 38.1 Å². The van der Waals surface area contributed by atoms with E-state index in [4.69, 9.17) is 16.3 Å². The highest BCUT2D eigenvalue weighted by atomic mass is 35.5. The second-order valence-corrected chi connectivity index (χ2v) is 9.18. The number of rotatable bonds is 6. The summed E-state index contributed by atoms with van der Waals surface area (Å²) >= 11 is 5.83. The predicted molar refractivity (Wildman–Crippen MR) is 129 cm³/mol. The number of aromatic nitrogens is 1. The molecule has 1 aromatic carbocycles. The molecule has 2 fully saturated rings. The normalized spacial score (nSPS) is 17.0. The van der Waals surface area contributed by atoms with Gasteiger partial charge in [0.15, 0.2) is 0 Å². The van der Waals surface area contributed by atoms with Crippen LogP contribution in [0.5, 0.6) is 5.75 Å². The summed E-state index contributed by atoms with van der Waals surface area (Å²) in [7, 11) is 0. The number of halogens is 1. The molecule has 2 aliphatic rings. The Morgan fingerprint density at radius 1 is 1.03 bits per heavy atom. The van der Waals surface area contributed by atoms with Gasteiger partial charge in [-0.1, -0.05) is 49.8 Å². The van der Waals surface area contributed by atoms with Crippen LogP contribution in [-0.2, 0) is 0 Å². The predicted octanol–water partition coefficient (Wildman–Crippen LogP) is 5.07. The minimum Gasteiger partial charge on any atom is -0.494 e. The second-order valence-electron chi connectivity index (χ2n) is 8.74. The molecule has 33 heavy (non-hydrogen) atoms. The van der Waals surface area contributed by atoms with Gasteiger partial charge in [0.25, 0.3) is 5.91 Å². The lowest BCUT2D eigenvalue weighted by molar-refractivity contribution is 0.0671. The van der Waals surface area contributed by atoms with Crippen molar-refractivity contribution in [1.29, 1.82) is 0 Å². The molecule has 2 aromatic rings. The summed E-state index contributed by atoms with van der Waals surface area (Å²) in [4.78, 5) is 33.0. The van der Waals surface area contributed by atoms with Crippen molar-refractivity contribution < 1.29 is 14.3 Å². The molecule has 7 nitrogen and oxygen atoms in total. The fraction of sp³-hybridized carbons (Fsp3) is 0.480. The third-order valence-electron chi connectivity index (χ3n) is 6.42. The van der Waals surface area contributed by atoms with E-state index in [1.807, 2.05) is 24.3 Å². The Morgan fingerprint density at radius 3 is 2.52 bits per heavy atom. The van der Waals surface area contributed by atoms with Crippen LogP contribution >= 0.6 is 11.6 Å². The third kappa shape index (κ3) is 6.60. The molecule has 0 atom stereocenters. The van der Waals surface area contributed by atoms with Gasteiger partial charge in [-0.2, -0.15) is 0 Å². The molecule has 2 heterocycles. The van der Waals surface area contributed by atoms with Crippen LogP contribution in [0.1, 0.15) is 48.9 Å². The van der Waals surface area contributed by atoms with E-state index < -0.39 is 0 Å². The van der Waals surface area contributed by atoms with Crippen molar-refractivity contribution in [2.24, 2.45) is 5.92 Å². The number of carbonyl (C=O) groups excluding carboxylic acids is 2. The summed E-state index contributed by atoms with van der Waals surface area (Å²) in [5.41, 5.74) is 0.619. The number of pyridine rings is 1. The topological polar surface area (TPSA) is 74.8 Å². The van der Waals surface area contributed by atoms with Gasteiger partial charge in [0, 0.05) is 37.9 Å². The fourth-order valence-electron chi connectivity index (χ4n) is 4.47. The average molecular weight is 471 g/mol. The zero-order chi connectivity index (χ0) is 23.0. The zero-order valence-corrected chi connectivity index (χ0v) is 19.6. The summed E-state index contributed by atoms with van der Waals surface area (Å²) < 4.78 is 5.95. The van der Waals surface area contributed by atoms with Crippen LogP contribution in [0, 0.1) is 5.92 Å². The van der Waals surface area contributed by atoms with E-state index in [2.05, 4.69) is 10.3 Å². The minimum absolute atomic E-state index is 0.0350. The summed E-state index contributed by atoms with van der Waals surface area (Å²) in [6.45, 7) is 2.57. The van der Waals surface area contributed by atoms with Gasteiger partial charge in [0.1, 0.15) is 11.6 Å². The van der Waals surface area contributed by atoms with Crippen LogP contribution < -0.4 is 10.1 Å². The number of piperazine rings is 1. The zero-order valence-electron chi connectivity index (χ0n) is 18.8. The van der Waals surface area contributed by atoms with Crippen LogP contribution in [0.2, 0.25) is 5.02 Å². The number of urea groups is 1. The van der Waals surface area contributed by atoms with Gasteiger partial charge in [0.05, 0.1) is 11.6 Å². The number of nitrogens with one attached hydrogen (secondary N) is 1. The lowest BCUT2D eigenvalue weighted by Crippen LogP contribution is -2.51. The Morgan fingerprint density at radius 2 is 1.79 bits per heavy atom. The van der Waals surface area contributed by atoms with Crippen molar-refractivity contribution >= 4 is 29.4 Å². The molecular weight excluding hydrogens is 440 g/mol. The number of hydrogen-bond donors (Lipinski definition) is 1. The van der Waals surface area contributed by atoms with Crippen LogP contribution in [-0.4, -0.2) is 59.5 Å². The van der Waals surface area contributed by atoms with Gasteiger partial charge in [-0.25, -0.2) is 9.78 Å². The van der Waals surface area contributed by atoms with Crippen LogP contribution in [0.25, 0.3) is 0 Å². The molecule has 1 aliphatic carbocycles. The molecule has 176 valence electrons. The lowest BCUT2D eigenvalue weighted by Gasteiger charge is -2.34. The smallest absolute Gasteiger partial charge is 0.323 e. The molecule has 3 amide bonds. The van der Waals surface area contributed by atoms with E-state index in [0.717, 1.165) is 18.1 Å². The molecular formula is C25H31ClN4O3. The highest BCUT2D eigenvalue weighted by Gasteiger charge is 2.25. The SMILES string of the molecule is O=C(Nc1ccc(Cl)cn1)N1CCN(C(=O)c2cccc(OCCC3CCCCC3)c2)CC1. The first-order valence-electron chi connectivity index (χ1n) is 11.8. The van der Waals surface area contributed by atoms with Crippen molar-refractivity contribution in [1.82, 2.24) is 14.8 Å². The largest absolute Gasteiger partial charge is 0.494 e. The molecule has 8 heteroatoms. The molecule has 1 aromatic heterocycles. The monoisotopic (exact) mass is 470 g/mol. The Bertz CT molecular complexity index is 939. The summed E-state index contributed by atoms with van der Waals surface area (Å²) in [6.07, 6.45) is 9.21. The number of anilines is 1. The molecule has 1 saturated heterocycles. The molecule has 0 spiro atoms. The lowest BCUT2D eigenvalue weighted by atomic mass is 9.87. The highest BCUT2D eigenvalue weighted by Crippen LogP contribution is 2.26. The number of carbonyl (C=O) groups is 2. The molecule has 4 rings (SSSR count). The van der Waals surface area contributed by atoms with E-state index in [1.165, 1.54) is 38.3 Å². The Balaban J connectivity index is 1.24. The molecule has 1 N–H and O–H groups in total. The molecule has 0 unspecified atom stereocenters. The maximum atomic E-state index is 13.0. The molecule has 0 bridgehead atoms. The number of amides is 3. The van der Waals surface area contributed by atoms with Crippen molar-refractivity contribution in [3.8, 4) is 5.75 Å².